The summed E-state index contributed by atoms with van der Waals surface area (Å²) in [6.07, 6.45) is 2.75. The number of nitrogens with one attached hydrogen (secondary N) is 1. The minimum atomic E-state index is -4.22. The van der Waals surface area contributed by atoms with Gasteiger partial charge in [0.2, 0.25) is 0 Å². The van der Waals surface area contributed by atoms with E-state index in [1.54, 1.807) is 7.11 Å². The second kappa shape index (κ2) is 7.66. The van der Waals surface area contributed by atoms with Gasteiger partial charge in [-0.1, -0.05) is 13.0 Å². The fraction of sp³-hybridized carbons (Fsp3) is 0.625. The van der Waals surface area contributed by atoms with E-state index in [0.29, 0.717) is 17.6 Å². The van der Waals surface area contributed by atoms with Crippen molar-refractivity contribution in [1.29, 1.82) is 0 Å². The van der Waals surface area contributed by atoms with Gasteiger partial charge in [0, 0.05) is 12.1 Å². The van der Waals surface area contributed by atoms with Gasteiger partial charge in [0.25, 0.3) is 0 Å². The SMILES string of the molecule is CCc1ncnc(NC2CCC(/C=C/C(F)(F)F)CC2)c1OC. The van der Waals surface area contributed by atoms with E-state index in [4.69, 9.17) is 4.74 Å². The van der Waals surface area contributed by atoms with Crippen LogP contribution in [0.5, 0.6) is 5.75 Å². The van der Waals surface area contributed by atoms with Crippen molar-refractivity contribution in [3.63, 3.8) is 0 Å². The third kappa shape index (κ3) is 5.11. The van der Waals surface area contributed by atoms with Crippen molar-refractivity contribution in [2.45, 2.75) is 51.2 Å². The molecule has 7 heteroatoms. The molecule has 1 aromatic rings. The van der Waals surface area contributed by atoms with Crippen molar-refractivity contribution in [1.82, 2.24) is 9.97 Å². The van der Waals surface area contributed by atoms with E-state index in [-0.39, 0.29) is 12.0 Å². The highest BCUT2D eigenvalue weighted by Gasteiger charge is 2.25. The maximum atomic E-state index is 12.2. The first kappa shape index (κ1) is 17.6. The number of halogens is 3. The quantitative estimate of drug-likeness (QED) is 0.825. The number of rotatable bonds is 5. The largest absolute Gasteiger partial charge is 0.491 e. The van der Waals surface area contributed by atoms with Gasteiger partial charge in [0.05, 0.1) is 12.8 Å². The van der Waals surface area contributed by atoms with Gasteiger partial charge < -0.3 is 10.1 Å². The van der Waals surface area contributed by atoms with Crippen molar-refractivity contribution >= 4 is 5.82 Å². The van der Waals surface area contributed by atoms with Crippen LogP contribution in [0.15, 0.2) is 18.5 Å². The molecule has 1 aromatic heterocycles. The van der Waals surface area contributed by atoms with Gasteiger partial charge in [0.1, 0.15) is 6.33 Å². The Morgan fingerprint density at radius 1 is 1.26 bits per heavy atom. The van der Waals surface area contributed by atoms with E-state index in [2.05, 4.69) is 15.3 Å². The van der Waals surface area contributed by atoms with Crippen molar-refractivity contribution in [3.05, 3.63) is 24.2 Å². The zero-order chi connectivity index (χ0) is 16.9. The summed E-state index contributed by atoms with van der Waals surface area (Å²) < 4.78 is 42.0. The molecule has 1 heterocycles. The number of hydrogen-bond donors (Lipinski definition) is 1. The van der Waals surface area contributed by atoms with Crippen LogP contribution >= 0.6 is 0 Å². The number of anilines is 1. The Bertz CT molecular complexity index is 538. The van der Waals surface area contributed by atoms with E-state index in [1.807, 2.05) is 6.92 Å². The van der Waals surface area contributed by atoms with Gasteiger partial charge in [0.15, 0.2) is 11.6 Å². The van der Waals surface area contributed by atoms with E-state index in [9.17, 15) is 13.2 Å². The predicted molar refractivity (Wildman–Crippen MR) is 82.5 cm³/mol. The third-order valence-electron chi connectivity index (χ3n) is 4.09. The second-order valence-electron chi connectivity index (χ2n) is 5.71. The summed E-state index contributed by atoms with van der Waals surface area (Å²) in [6, 6.07) is 0.194. The number of hydrogen-bond acceptors (Lipinski definition) is 4. The molecule has 0 saturated heterocycles. The van der Waals surface area contributed by atoms with Crippen LogP contribution in [-0.4, -0.2) is 29.3 Å². The van der Waals surface area contributed by atoms with Crippen molar-refractivity contribution in [3.8, 4) is 5.75 Å². The van der Waals surface area contributed by atoms with Crippen molar-refractivity contribution in [2.75, 3.05) is 12.4 Å². The molecule has 2 rings (SSSR count). The standard InChI is InChI=1S/C16H22F3N3O/c1-3-13-14(23-2)15(21-10-20-13)22-12-6-4-11(5-7-12)8-9-16(17,18)19/h8-12H,3-7H2,1-2H3,(H,20,21,22)/b9-8+. The first-order valence-electron chi connectivity index (χ1n) is 7.83. The molecule has 0 aliphatic heterocycles. The molecule has 1 aliphatic carbocycles. The smallest absolute Gasteiger partial charge is 0.409 e. The molecule has 0 radical (unpaired) electrons. The number of allylic oxidation sites excluding steroid dienone is 2. The normalized spacial score (nSPS) is 22.3. The molecule has 1 fully saturated rings. The Morgan fingerprint density at radius 2 is 1.96 bits per heavy atom. The van der Waals surface area contributed by atoms with Crippen LogP contribution in [-0.2, 0) is 6.42 Å². The zero-order valence-corrected chi connectivity index (χ0v) is 13.4. The topological polar surface area (TPSA) is 47.0 Å². The number of aryl methyl sites for hydroxylation is 1. The average Bonchev–Trinajstić information content (AvgIpc) is 2.53. The van der Waals surface area contributed by atoms with Gasteiger partial charge in [-0.3, -0.25) is 0 Å². The van der Waals surface area contributed by atoms with Crippen LogP contribution in [0, 0.1) is 5.92 Å². The molecule has 0 aromatic carbocycles. The van der Waals surface area contributed by atoms with E-state index in [0.717, 1.165) is 37.8 Å². The molecular weight excluding hydrogens is 307 g/mol. The molecule has 4 nitrogen and oxygen atoms in total. The second-order valence-corrected chi connectivity index (χ2v) is 5.71. The lowest BCUT2D eigenvalue weighted by atomic mass is 9.86. The summed E-state index contributed by atoms with van der Waals surface area (Å²) in [5.74, 6) is 1.30. The van der Waals surface area contributed by atoms with Crippen LogP contribution in [0.4, 0.5) is 19.0 Å². The molecule has 0 atom stereocenters. The lowest BCUT2D eigenvalue weighted by molar-refractivity contribution is -0.0803. The number of nitrogens with zero attached hydrogens (tertiary/aromatic N) is 2. The molecule has 0 bridgehead atoms. The summed E-state index contributed by atoms with van der Waals surface area (Å²) in [5, 5.41) is 3.35. The zero-order valence-electron chi connectivity index (χ0n) is 13.4. The number of alkyl halides is 3. The molecule has 0 unspecified atom stereocenters. The summed E-state index contributed by atoms with van der Waals surface area (Å²) in [6.45, 7) is 1.99. The Morgan fingerprint density at radius 3 is 2.52 bits per heavy atom. The monoisotopic (exact) mass is 329 g/mol. The summed E-state index contributed by atoms with van der Waals surface area (Å²) in [4.78, 5) is 8.42. The fourth-order valence-electron chi connectivity index (χ4n) is 2.87. The van der Waals surface area contributed by atoms with Gasteiger partial charge in [-0.2, -0.15) is 13.2 Å². The van der Waals surface area contributed by atoms with Gasteiger partial charge in [-0.05, 0) is 38.0 Å². The van der Waals surface area contributed by atoms with Crippen LogP contribution in [0.25, 0.3) is 0 Å². The highest BCUT2D eigenvalue weighted by Crippen LogP contribution is 2.31. The molecule has 1 N–H and O–H groups in total. The van der Waals surface area contributed by atoms with Crippen LogP contribution in [0.2, 0.25) is 0 Å². The molecule has 1 aliphatic rings. The molecule has 0 spiro atoms. The lowest BCUT2D eigenvalue weighted by Gasteiger charge is -2.28. The Labute approximate surface area is 134 Å². The average molecular weight is 329 g/mol. The predicted octanol–water partition coefficient (Wildman–Crippen LogP) is 4.14. The summed E-state index contributed by atoms with van der Waals surface area (Å²) >= 11 is 0. The molecule has 23 heavy (non-hydrogen) atoms. The fourth-order valence-corrected chi connectivity index (χ4v) is 2.87. The van der Waals surface area contributed by atoms with Gasteiger partial charge in [-0.15, -0.1) is 0 Å². The van der Waals surface area contributed by atoms with Crippen molar-refractivity contribution in [2.24, 2.45) is 5.92 Å². The molecule has 1 saturated carbocycles. The van der Waals surface area contributed by atoms with E-state index >= 15 is 0 Å². The van der Waals surface area contributed by atoms with E-state index in [1.165, 1.54) is 12.4 Å². The van der Waals surface area contributed by atoms with Gasteiger partial charge in [-0.25, -0.2) is 9.97 Å². The number of aromatic nitrogens is 2. The summed E-state index contributed by atoms with van der Waals surface area (Å²) in [7, 11) is 1.59. The number of methoxy groups -OCH3 is 1. The third-order valence-corrected chi connectivity index (χ3v) is 4.09. The van der Waals surface area contributed by atoms with Crippen molar-refractivity contribution < 1.29 is 17.9 Å². The highest BCUT2D eigenvalue weighted by molar-refractivity contribution is 5.52. The molecular formula is C16H22F3N3O. The Kier molecular flexibility index (Phi) is 5.85. The molecule has 128 valence electrons. The lowest BCUT2D eigenvalue weighted by Crippen LogP contribution is -2.26. The minimum Gasteiger partial charge on any atom is -0.491 e. The Balaban J connectivity index is 1.93. The van der Waals surface area contributed by atoms with Gasteiger partial charge >= 0.3 is 6.18 Å². The maximum absolute atomic E-state index is 12.2. The van der Waals surface area contributed by atoms with Crippen LogP contribution < -0.4 is 10.1 Å². The maximum Gasteiger partial charge on any atom is 0.409 e. The first-order chi connectivity index (χ1) is 10.9. The van der Waals surface area contributed by atoms with Crippen LogP contribution in [0.1, 0.15) is 38.3 Å². The van der Waals surface area contributed by atoms with Crippen LogP contribution in [0.3, 0.4) is 0 Å². The van der Waals surface area contributed by atoms with E-state index < -0.39 is 6.18 Å². The Hall–Kier alpha value is -1.79. The highest BCUT2D eigenvalue weighted by atomic mass is 19.4. The first-order valence-corrected chi connectivity index (χ1v) is 7.83. The molecule has 0 amide bonds. The minimum absolute atomic E-state index is 0.00632. The number of ether oxygens (including phenoxy) is 1. The summed E-state index contributed by atoms with van der Waals surface area (Å²) in [5.41, 5.74) is 0.840.